The van der Waals surface area contributed by atoms with Gasteiger partial charge in [-0.3, -0.25) is 14.6 Å². The van der Waals surface area contributed by atoms with Crippen LogP contribution in [-0.2, 0) is 43.5 Å². The number of nitrogens with one attached hydrogen (secondary N) is 2. The Morgan fingerprint density at radius 1 is 0.632 bits per heavy atom. The van der Waals surface area contributed by atoms with Crippen LogP contribution in [-0.4, -0.2) is 40.2 Å². The normalized spacial score (nSPS) is 9.74. The number of aliphatic carboxylic acids is 2. The minimum absolute atomic E-state index is 0.187. The van der Waals surface area contributed by atoms with Crippen molar-refractivity contribution in [2.24, 2.45) is 0 Å². The van der Waals surface area contributed by atoms with Crippen molar-refractivity contribution in [3.05, 3.63) is 41.1 Å². The average molecular weight is 575 g/mol. The Bertz CT molecular complexity index is 585. The molecule has 0 saturated carbocycles. The van der Waals surface area contributed by atoms with E-state index >= 15 is 0 Å². The van der Waals surface area contributed by atoms with E-state index in [0.717, 1.165) is 30.2 Å². The van der Waals surface area contributed by atoms with Gasteiger partial charge >= 0.3 is 33.0 Å². The first kappa shape index (κ1) is 40.9. The molecule has 1 rings (SSSR count). The molecule has 1 aromatic heterocycles. The fourth-order valence-electron chi connectivity index (χ4n) is 3.55. The monoisotopic (exact) mass is 574 g/mol. The Kier molecular flexibility index (Phi) is 38.1. The molecule has 1 heterocycles. The zero-order valence-electron chi connectivity index (χ0n) is 23.9. The molecule has 219 valence electrons. The van der Waals surface area contributed by atoms with Crippen LogP contribution in [0.4, 0.5) is 0 Å². The summed E-state index contributed by atoms with van der Waals surface area (Å²) in [5.41, 5.74) is 14.6. The fraction of sp³-hybridized carbons (Fsp3) is 0.759. The molecule has 0 fully saturated rings. The molecule has 1 aromatic rings. The van der Waals surface area contributed by atoms with E-state index in [9.17, 15) is 9.59 Å². The summed E-state index contributed by atoms with van der Waals surface area (Å²) in [5, 5.41) is 17.0. The summed E-state index contributed by atoms with van der Waals surface area (Å²) in [6.45, 7) is 5.74. The Balaban J connectivity index is -0.000000473. The van der Waals surface area contributed by atoms with E-state index in [1.807, 2.05) is 0 Å². The zero-order valence-corrected chi connectivity index (χ0v) is 25.3. The van der Waals surface area contributed by atoms with E-state index in [2.05, 4.69) is 18.8 Å². The van der Waals surface area contributed by atoms with Crippen molar-refractivity contribution in [1.29, 1.82) is 0 Å². The van der Waals surface area contributed by atoms with Gasteiger partial charge in [-0.2, -0.15) is 13.1 Å². The molecule has 0 aromatic carbocycles. The molecule has 0 unspecified atom stereocenters. The van der Waals surface area contributed by atoms with Gasteiger partial charge in [-0.05, 0) is 12.1 Å². The van der Waals surface area contributed by atoms with Crippen molar-refractivity contribution in [1.82, 2.24) is 4.98 Å². The first-order chi connectivity index (χ1) is 18.4. The second-order valence-corrected chi connectivity index (χ2v) is 9.21. The van der Waals surface area contributed by atoms with Gasteiger partial charge in [-0.1, -0.05) is 123 Å². The zero-order chi connectivity index (χ0) is 29.3. The summed E-state index contributed by atoms with van der Waals surface area (Å²) in [6, 6.07) is 4.71. The molecule has 0 aliphatic rings. The first-order valence-corrected chi connectivity index (χ1v) is 14.8. The molecule has 0 bridgehead atoms. The summed E-state index contributed by atoms with van der Waals surface area (Å²) < 4.78 is 8.19. The molecule has 0 amide bonds. The van der Waals surface area contributed by atoms with Gasteiger partial charge in [0.05, 0.1) is 24.2 Å². The van der Waals surface area contributed by atoms with Crippen molar-refractivity contribution in [2.75, 3.05) is 13.1 Å². The predicted octanol–water partition coefficient (Wildman–Crippen LogP) is 8.57. The van der Waals surface area contributed by atoms with Crippen LogP contribution in [0.1, 0.15) is 128 Å². The number of hydrogen-bond acceptors (Lipinski definition) is 4. The number of carboxylic acid groups (broad SMARTS) is 2. The minimum atomic E-state index is -0.982. The molecule has 38 heavy (non-hydrogen) atoms. The van der Waals surface area contributed by atoms with Crippen LogP contribution in [0.3, 0.4) is 0 Å². The van der Waals surface area contributed by atoms with Crippen LogP contribution in [0, 0.1) is 0 Å². The molecule has 0 spiro atoms. The maximum absolute atomic E-state index is 10.3. The van der Waals surface area contributed by atoms with Gasteiger partial charge in [0.15, 0.2) is 0 Å². The molecule has 0 atom stereocenters. The van der Waals surface area contributed by atoms with Gasteiger partial charge < -0.3 is 21.7 Å². The van der Waals surface area contributed by atoms with E-state index in [1.165, 1.54) is 89.9 Å². The SMILES string of the molecule is CCCCCCCCCC[NH-].CCCCCCCCCC[NH-].O=C(O)Cc1cccc(CC(=O)O)n1.[O]=[V+2]. The number of hydrogen-bond donors (Lipinski definition) is 2. The number of unbranched alkanes of at least 4 members (excludes halogenated alkanes) is 14. The standard InChI is InChI=1S/2C10H22N.C9H9NO4.O.V/c2*1-2-3-4-5-6-7-8-9-10-11;11-8(12)4-6-2-1-3-7(10-6)5-9(13)14;;/h2*11H,2-10H2,1H3;1-3H,4-5H2,(H,11,12)(H,13,14);;/q2*-1;;;+2. The van der Waals surface area contributed by atoms with Crippen LogP contribution in [0.5, 0.6) is 0 Å². The Morgan fingerprint density at radius 3 is 1.18 bits per heavy atom. The molecule has 0 aliphatic carbocycles. The molecule has 8 nitrogen and oxygen atoms in total. The van der Waals surface area contributed by atoms with Gasteiger partial charge in [0.25, 0.3) is 0 Å². The van der Waals surface area contributed by atoms with Crippen molar-refractivity contribution >= 4 is 11.9 Å². The van der Waals surface area contributed by atoms with Crippen molar-refractivity contribution in [3.63, 3.8) is 0 Å². The molecular formula is C29H53N3O5V. The van der Waals surface area contributed by atoms with Crippen LogP contribution < -0.4 is 0 Å². The van der Waals surface area contributed by atoms with Gasteiger partial charge in [0.1, 0.15) is 0 Å². The van der Waals surface area contributed by atoms with E-state index in [0.29, 0.717) is 24.5 Å². The van der Waals surface area contributed by atoms with Crippen molar-refractivity contribution < 1.29 is 40.8 Å². The molecule has 0 aliphatic heterocycles. The summed E-state index contributed by atoms with van der Waals surface area (Å²) in [5.74, 6) is -1.96. The number of carbonyl (C=O) groups is 2. The van der Waals surface area contributed by atoms with Crippen LogP contribution in [0.15, 0.2) is 18.2 Å². The Morgan fingerprint density at radius 2 is 0.921 bits per heavy atom. The number of pyridine rings is 1. The topological polar surface area (TPSA) is 152 Å². The molecule has 0 radical (unpaired) electrons. The third-order valence-electron chi connectivity index (χ3n) is 5.59. The second kappa shape index (κ2) is 35.4. The fourth-order valence-corrected chi connectivity index (χ4v) is 3.55. The molecule has 0 saturated heterocycles. The Labute approximate surface area is 241 Å². The molecule has 4 N–H and O–H groups in total. The van der Waals surface area contributed by atoms with E-state index in [1.54, 1.807) is 18.2 Å². The van der Waals surface area contributed by atoms with E-state index < -0.39 is 11.9 Å². The van der Waals surface area contributed by atoms with Gasteiger partial charge in [-0.15, -0.1) is 0 Å². The third kappa shape index (κ3) is 36.6. The number of nitrogens with zero attached hydrogens (tertiary/aromatic N) is 1. The summed E-state index contributed by atoms with van der Waals surface area (Å²) in [6.07, 6.45) is 21.0. The quantitative estimate of drug-likeness (QED) is 0.149. The summed E-state index contributed by atoms with van der Waals surface area (Å²) in [4.78, 5) is 24.6. The molecule has 9 heteroatoms. The summed E-state index contributed by atoms with van der Waals surface area (Å²) >= 11 is 1.06. The summed E-state index contributed by atoms with van der Waals surface area (Å²) in [7, 11) is 0. The predicted molar refractivity (Wildman–Crippen MR) is 151 cm³/mol. The van der Waals surface area contributed by atoms with Gasteiger partial charge in [0.2, 0.25) is 0 Å². The van der Waals surface area contributed by atoms with Crippen LogP contribution in [0.25, 0.3) is 11.5 Å². The van der Waals surface area contributed by atoms with Gasteiger partial charge in [-0.25, -0.2) is 0 Å². The van der Waals surface area contributed by atoms with Crippen LogP contribution >= 0.6 is 0 Å². The Hall–Kier alpha value is -1.61. The third-order valence-corrected chi connectivity index (χ3v) is 5.59. The second-order valence-electron chi connectivity index (χ2n) is 9.21. The van der Waals surface area contributed by atoms with E-state index in [4.69, 9.17) is 25.4 Å². The van der Waals surface area contributed by atoms with Gasteiger partial charge in [0, 0.05) is 0 Å². The number of carboxylic acids is 2. The van der Waals surface area contributed by atoms with E-state index in [-0.39, 0.29) is 12.8 Å². The first-order valence-electron chi connectivity index (χ1n) is 14.3. The van der Waals surface area contributed by atoms with Crippen LogP contribution in [0.2, 0.25) is 0 Å². The van der Waals surface area contributed by atoms with Crippen molar-refractivity contribution in [2.45, 2.75) is 129 Å². The number of rotatable bonds is 20. The van der Waals surface area contributed by atoms with Crippen molar-refractivity contribution in [3.8, 4) is 0 Å². The molecular weight excluding hydrogens is 521 g/mol. The maximum atomic E-state index is 10.3. The number of aromatic nitrogens is 1. The average Bonchev–Trinajstić information content (AvgIpc) is 2.89.